The highest BCUT2D eigenvalue weighted by Crippen LogP contribution is 2.47. The minimum absolute atomic E-state index is 0.0185. The minimum Gasteiger partial charge on any atom is -0.387 e. The molecule has 2 nitrogen and oxygen atoms in total. The molecule has 110 valence electrons. The number of benzene rings is 2. The monoisotopic (exact) mass is 305 g/mol. The maximum Gasteiger partial charge on any atom is 0.141 e. The lowest BCUT2D eigenvalue weighted by Crippen LogP contribution is -2.39. The van der Waals surface area contributed by atoms with Crippen molar-refractivity contribution in [2.24, 2.45) is 5.73 Å². The van der Waals surface area contributed by atoms with Gasteiger partial charge < -0.3 is 10.8 Å². The van der Waals surface area contributed by atoms with Crippen LogP contribution in [0.25, 0.3) is 0 Å². The van der Waals surface area contributed by atoms with E-state index in [1.165, 1.54) is 17.7 Å². The molecule has 0 aromatic heterocycles. The SMILES string of the molecule is NCC1(C(O)c2ccc(F)c(Cl)c2)CCc2ccccc21. The summed E-state index contributed by atoms with van der Waals surface area (Å²) in [4.78, 5) is 0. The Morgan fingerprint density at radius 3 is 2.76 bits per heavy atom. The zero-order chi connectivity index (χ0) is 15.0. The highest BCUT2D eigenvalue weighted by Gasteiger charge is 2.44. The number of rotatable bonds is 3. The van der Waals surface area contributed by atoms with Crippen LogP contribution >= 0.6 is 11.6 Å². The lowest BCUT2D eigenvalue weighted by Gasteiger charge is -2.34. The van der Waals surface area contributed by atoms with Crippen LogP contribution in [0, 0.1) is 5.82 Å². The van der Waals surface area contributed by atoms with E-state index in [4.69, 9.17) is 17.3 Å². The zero-order valence-corrected chi connectivity index (χ0v) is 12.3. The van der Waals surface area contributed by atoms with Gasteiger partial charge in [0.1, 0.15) is 5.82 Å². The van der Waals surface area contributed by atoms with E-state index in [1.807, 2.05) is 18.2 Å². The largest absolute Gasteiger partial charge is 0.387 e. The maximum atomic E-state index is 13.3. The smallest absolute Gasteiger partial charge is 0.141 e. The quantitative estimate of drug-likeness (QED) is 0.913. The van der Waals surface area contributed by atoms with Gasteiger partial charge in [0.05, 0.1) is 11.1 Å². The Morgan fingerprint density at radius 1 is 1.29 bits per heavy atom. The van der Waals surface area contributed by atoms with Crippen molar-refractivity contribution < 1.29 is 9.50 Å². The molecule has 0 saturated carbocycles. The Morgan fingerprint density at radius 2 is 2.05 bits per heavy atom. The Bertz CT molecular complexity index is 676. The molecule has 4 heteroatoms. The van der Waals surface area contributed by atoms with Crippen molar-refractivity contribution in [2.45, 2.75) is 24.4 Å². The number of nitrogens with two attached hydrogens (primary N) is 1. The first-order chi connectivity index (χ1) is 10.1. The summed E-state index contributed by atoms with van der Waals surface area (Å²) >= 11 is 5.84. The summed E-state index contributed by atoms with van der Waals surface area (Å²) in [6.07, 6.45) is 0.863. The van der Waals surface area contributed by atoms with Crippen molar-refractivity contribution in [1.29, 1.82) is 0 Å². The van der Waals surface area contributed by atoms with Crippen LogP contribution in [0.3, 0.4) is 0 Å². The zero-order valence-electron chi connectivity index (χ0n) is 11.5. The average Bonchev–Trinajstić information content (AvgIpc) is 2.89. The molecule has 0 aliphatic heterocycles. The predicted molar refractivity (Wildman–Crippen MR) is 81.9 cm³/mol. The fourth-order valence-corrected chi connectivity index (χ4v) is 3.51. The molecule has 0 radical (unpaired) electrons. The number of hydrogen-bond acceptors (Lipinski definition) is 2. The van der Waals surface area contributed by atoms with Crippen LogP contribution in [0.2, 0.25) is 5.02 Å². The minimum atomic E-state index is -0.802. The van der Waals surface area contributed by atoms with Crippen LogP contribution in [0.4, 0.5) is 4.39 Å². The van der Waals surface area contributed by atoms with Crippen molar-refractivity contribution in [1.82, 2.24) is 0 Å². The number of hydrogen-bond donors (Lipinski definition) is 2. The Balaban J connectivity index is 2.06. The molecular weight excluding hydrogens is 289 g/mol. The second-order valence-corrected chi connectivity index (χ2v) is 6.00. The Kier molecular flexibility index (Phi) is 3.74. The van der Waals surface area contributed by atoms with E-state index in [-0.39, 0.29) is 5.02 Å². The molecule has 21 heavy (non-hydrogen) atoms. The van der Waals surface area contributed by atoms with E-state index >= 15 is 0 Å². The third kappa shape index (κ3) is 2.26. The van der Waals surface area contributed by atoms with Crippen LogP contribution in [0.1, 0.15) is 29.2 Å². The van der Waals surface area contributed by atoms with Gasteiger partial charge in [0.15, 0.2) is 0 Å². The third-order valence-corrected chi connectivity index (χ3v) is 4.83. The molecule has 0 fully saturated rings. The van der Waals surface area contributed by atoms with E-state index in [9.17, 15) is 9.50 Å². The molecule has 3 N–H and O–H groups in total. The lowest BCUT2D eigenvalue weighted by atomic mass is 9.74. The highest BCUT2D eigenvalue weighted by atomic mass is 35.5. The van der Waals surface area contributed by atoms with Gasteiger partial charge in [-0.15, -0.1) is 0 Å². The summed E-state index contributed by atoms with van der Waals surface area (Å²) in [6.45, 7) is 0.334. The van der Waals surface area contributed by atoms with Crippen molar-refractivity contribution in [3.8, 4) is 0 Å². The molecule has 3 rings (SSSR count). The van der Waals surface area contributed by atoms with Crippen LogP contribution in [0.5, 0.6) is 0 Å². The van der Waals surface area contributed by atoms with E-state index in [2.05, 4.69) is 6.07 Å². The summed E-state index contributed by atoms with van der Waals surface area (Å²) < 4.78 is 13.3. The first-order valence-electron chi connectivity index (χ1n) is 7.00. The average molecular weight is 306 g/mol. The van der Waals surface area contributed by atoms with Crippen LogP contribution in [0.15, 0.2) is 42.5 Å². The number of aryl methyl sites for hydroxylation is 1. The Hall–Kier alpha value is -1.42. The Labute approximate surface area is 128 Å². The van der Waals surface area contributed by atoms with Gasteiger partial charge >= 0.3 is 0 Å². The molecular formula is C17H17ClFNO. The molecule has 0 amide bonds. The topological polar surface area (TPSA) is 46.2 Å². The van der Waals surface area contributed by atoms with Gasteiger partial charge in [0.2, 0.25) is 0 Å². The summed E-state index contributed by atoms with van der Waals surface area (Å²) in [5.74, 6) is -0.485. The summed E-state index contributed by atoms with van der Waals surface area (Å²) in [6, 6.07) is 12.4. The first kappa shape index (κ1) is 14.5. The highest BCUT2D eigenvalue weighted by molar-refractivity contribution is 6.30. The lowest BCUT2D eigenvalue weighted by molar-refractivity contribution is 0.0840. The van der Waals surface area contributed by atoms with Crippen LogP contribution in [-0.2, 0) is 11.8 Å². The summed E-state index contributed by atoms with van der Waals surface area (Å²) in [7, 11) is 0. The predicted octanol–water partition coefficient (Wildman–Crippen LogP) is 3.36. The van der Waals surface area contributed by atoms with Crippen LogP contribution < -0.4 is 5.73 Å². The second-order valence-electron chi connectivity index (χ2n) is 5.59. The van der Waals surface area contributed by atoms with Crippen molar-refractivity contribution in [3.63, 3.8) is 0 Å². The molecule has 1 aliphatic rings. The van der Waals surface area contributed by atoms with Gasteiger partial charge in [-0.25, -0.2) is 4.39 Å². The van der Waals surface area contributed by atoms with E-state index in [1.54, 1.807) is 6.07 Å². The summed E-state index contributed by atoms with van der Waals surface area (Å²) in [5, 5.41) is 10.9. The molecule has 0 heterocycles. The van der Waals surface area contributed by atoms with Crippen molar-refractivity contribution in [3.05, 3.63) is 70.0 Å². The molecule has 1 aliphatic carbocycles. The van der Waals surface area contributed by atoms with Gasteiger partial charge in [-0.05, 0) is 41.7 Å². The number of halogens is 2. The summed E-state index contributed by atoms with van der Waals surface area (Å²) in [5.41, 5.74) is 8.39. The molecule has 2 aromatic rings. The number of fused-ring (bicyclic) bond motifs is 1. The van der Waals surface area contributed by atoms with Gasteiger partial charge in [-0.3, -0.25) is 0 Å². The molecule has 0 saturated heterocycles. The fraction of sp³-hybridized carbons (Fsp3) is 0.294. The van der Waals surface area contributed by atoms with E-state index in [0.29, 0.717) is 12.1 Å². The number of aliphatic hydroxyl groups excluding tert-OH is 1. The van der Waals surface area contributed by atoms with Gasteiger partial charge in [0.25, 0.3) is 0 Å². The second kappa shape index (κ2) is 5.41. The molecule has 0 spiro atoms. The third-order valence-electron chi connectivity index (χ3n) is 4.54. The molecule has 0 bridgehead atoms. The fourth-order valence-electron chi connectivity index (χ4n) is 3.33. The van der Waals surface area contributed by atoms with Crippen molar-refractivity contribution in [2.75, 3.05) is 6.54 Å². The standard InChI is InChI=1S/C17H17ClFNO/c18-14-9-12(5-6-15(14)19)16(21)17(10-20)8-7-11-3-1-2-4-13(11)17/h1-6,9,16,21H,7-8,10,20H2. The van der Waals surface area contributed by atoms with E-state index in [0.717, 1.165) is 18.4 Å². The van der Waals surface area contributed by atoms with Crippen molar-refractivity contribution >= 4 is 11.6 Å². The van der Waals surface area contributed by atoms with E-state index < -0.39 is 17.3 Å². The first-order valence-corrected chi connectivity index (χ1v) is 7.38. The molecule has 2 aromatic carbocycles. The van der Waals surface area contributed by atoms with Gasteiger partial charge in [0, 0.05) is 12.0 Å². The molecule has 2 atom stereocenters. The maximum absolute atomic E-state index is 13.3. The van der Waals surface area contributed by atoms with Crippen LogP contribution in [-0.4, -0.2) is 11.7 Å². The molecule has 2 unspecified atom stereocenters. The number of aliphatic hydroxyl groups is 1. The van der Waals surface area contributed by atoms with Gasteiger partial charge in [-0.2, -0.15) is 0 Å². The normalized spacial score (nSPS) is 22.1. The van der Waals surface area contributed by atoms with Gasteiger partial charge in [-0.1, -0.05) is 41.9 Å².